The average molecular weight is 637 g/mol. The van der Waals surface area contributed by atoms with Gasteiger partial charge >= 0.3 is 0 Å². The summed E-state index contributed by atoms with van der Waals surface area (Å²) in [5.41, 5.74) is 5.69. The van der Waals surface area contributed by atoms with E-state index < -0.39 is 24.3 Å². The van der Waals surface area contributed by atoms with Crippen molar-refractivity contribution >= 4 is 0 Å². The molecule has 0 spiro atoms. The molecule has 242 valence electrons. The molecular formula is C42H40N2O4. The molecule has 0 heterocycles. The van der Waals surface area contributed by atoms with Crippen molar-refractivity contribution in [3.8, 4) is 22.6 Å². The predicted octanol–water partition coefficient (Wildman–Crippen LogP) is 7.89. The summed E-state index contributed by atoms with van der Waals surface area (Å²) >= 11 is 0. The molecule has 0 bridgehead atoms. The second-order valence-electron chi connectivity index (χ2n) is 11.9. The van der Waals surface area contributed by atoms with E-state index >= 15 is 0 Å². The zero-order chi connectivity index (χ0) is 33.3. The molecule has 0 amide bonds. The molecule has 4 atom stereocenters. The normalized spacial score (nSPS) is 13.8. The van der Waals surface area contributed by atoms with E-state index in [0.717, 1.165) is 22.3 Å². The Morgan fingerprint density at radius 3 is 1.02 bits per heavy atom. The molecule has 0 saturated heterocycles. The van der Waals surface area contributed by atoms with E-state index in [-0.39, 0.29) is 24.6 Å². The summed E-state index contributed by atoms with van der Waals surface area (Å²) in [7, 11) is 0. The van der Waals surface area contributed by atoms with E-state index in [2.05, 4.69) is 10.6 Å². The van der Waals surface area contributed by atoms with Gasteiger partial charge in [-0.1, -0.05) is 158 Å². The maximum atomic E-state index is 11.5. The highest BCUT2D eigenvalue weighted by Gasteiger charge is 2.25. The number of nitrogens with one attached hydrogen (secondary N) is 2. The molecule has 0 unspecified atom stereocenters. The molecule has 6 aromatic carbocycles. The molecule has 0 aromatic heterocycles. The van der Waals surface area contributed by atoms with E-state index in [0.29, 0.717) is 22.3 Å². The van der Waals surface area contributed by atoms with E-state index in [4.69, 9.17) is 0 Å². The number of aromatic hydroxyl groups is 2. The highest BCUT2D eigenvalue weighted by Crippen LogP contribution is 2.40. The first-order valence-electron chi connectivity index (χ1n) is 16.2. The molecular weight excluding hydrogens is 596 g/mol. The number of benzene rings is 6. The fourth-order valence-corrected chi connectivity index (χ4v) is 6.17. The highest BCUT2D eigenvalue weighted by atomic mass is 16.3. The topological polar surface area (TPSA) is 105 Å². The van der Waals surface area contributed by atoms with E-state index in [1.54, 1.807) is 12.1 Å². The fourth-order valence-electron chi connectivity index (χ4n) is 6.17. The number of aliphatic hydroxyl groups is 2. The largest absolute Gasteiger partial charge is 0.507 e. The van der Waals surface area contributed by atoms with Crippen LogP contribution in [-0.2, 0) is 13.1 Å². The van der Waals surface area contributed by atoms with Gasteiger partial charge in [-0.3, -0.25) is 0 Å². The summed E-state index contributed by atoms with van der Waals surface area (Å²) in [5, 5.41) is 52.6. The van der Waals surface area contributed by atoms with Gasteiger partial charge in [0.15, 0.2) is 0 Å². The Morgan fingerprint density at radius 2 is 0.688 bits per heavy atom. The third-order valence-corrected chi connectivity index (χ3v) is 8.79. The van der Waals surface area contributed by atoms with Gasteiger partial charge in [0.2, 0.25) is 0 Å². The van der Waals surface area contributed by atoms with Crippen molar-refractivity contribution in [1.82, 2.24) is 10.6 Å². The van der Waals surface area contributed by atoms with E-state index in [9.17, 15) is 20.4 Å². The molecule has 0 aliphatic heterocycles. The maximum Gasteiger partial charge on any atom is 0.128 e. The Morgan fingerprint density at radius 1 is 0.375 bits per heavy atom. The van der Waals surface area contributed by atoms with Crippen LogP contribution >= 0.6 is 0 Å². The Kier molecular flexibility index (Phi) is 10.6. The first-order valence-corrected chi connectivity index (χ1v) is 16.2. The molecule has 6 nitrogen and oxygen atoms in total. The Balaban J connectivity index is 1.23. The van der Waals surface area contributed by atoms with Crippen LogP contribution in [0.1, 0.15) is 57.7 Å². The first kappa shape index (κ1) is 32.7. The zero-order valence-corrected chi connectivity index (χ0v) is 26.5. The minimum Gasteiger partial charge on any atom is -0.507 e. The second kappa shape index (κ2) is 15.6. The Bertz CT molecular complexity index is 1750. The van der Waals surface area contributed by atoms with E-state index in [1.165, 1.54) is 0 Å². The molecule has 6 rings (SSSR count). The van der Waals surface area contributed by atoms with Crippen LogP contribution in [0.2, 0.25) is 0 Å². The van der Waals surface area contributed by atoms with Crippen LogP contribution in [-0.4, -0.2) is 20.4 Å². The van der Waals surface area contributed by atoms with Crippen LogP contribution in [0.15, 0.2) is 158 Å². The molecule has 0 aliphatic carbocycles. The number of para-hydroxylation sites is 2. The van der Waals surface area contributed by atoms with Gasteiger partial charge in [0.1, 0.15) is 11.5 Å². The summed E-state index contributed by atoms with van der Waals surface area (Å²) in [6.45, 7) is 0.558. The SMILES string of the molecule is Oc1c(CN[C@@H](c2ccccc2)[C@H](O)c2ccccc2)cccc1-c1cccc(CN[C@@H](c2ccccc2)[C@H](O)c2ccccc2)c1O. The molecule has 48 heavy (non-hydrogen) atoms. The van der Waals surface area contributed by atoms with Crippen molar-refractivity contribution in [2.24, 2.45) is 0 Å². The third kappa shape index (κ3) is 7.49. The van der Waals surface area contributed by atoms with E-state index in [1.807, 2.05) is 146 Å². The number of aliphatic hydroxyl groups excluding tert-OH is 2. The molecule has 0 saturated carbocycles. The lowest BCUT2D eigenvalue weighted by molar-refractivity contribution is 0.127. The summed E-state index contributed by atoms with van der Waals surface area (Å²) in [6, 6.07) is 48.6. The van der Waals surface area contributed by atoms with Crippen LogP contribution in [0.4, 0.5) is 0 Å². The van der Waals surface area contributed by atoms with Crippen molar-refractivity contribution in [3.63, 3.8) is 0 Å². The molecule has 6 heteroatoms. The molecule has 0 fully saturated rings. The summed E-state index contributed by atoms with van der Waals surface area (Å²) < 4.78 is 0. The smallest absolute Gasteiger partial charge is 0.128 e. The quantitative estimate of drug-likeness (QED) is 0.0771. The molecule has 6 aromatic rings. The zero-order valence-electron chi connectivity index (χ0n) is 26.5. The maximum absolute atomic E-state index is 11.5. The minimum atomic E-state index is -0.813. The summed E-state index contributed by atoms with van der Waals surface area (Å²) in [4.78, 5) is 0. The van der Waals surface area contributed by atoms with Gasteiger partial charge in [0.05, 0.1) is 24.3 Å². The number of phenols is 2. The van der Waals surface area contributed by atoms with Crippen molar-refractivity contribution < 1.29 is 20.4 Å². The number of hydrogen-bond acceptors (Lipinski definition) is 6. The van der Waals surface area contributed by atoms with Gasteiger partial charge in [-0.15, -0.1) is 0 Å². The number of rotatable bonds is 13. The Labute approximate surface area is 281 Å². The van der Waals surface area contributed by atoms with Gasteiger partial charge in [0, 0.05) is 35.3 Å². The standard InChI is InChI=1S/C42H40N2O4/c45-39-33(27-43-37(29-15-5-1-6-16-29)41(47)31-19-9-3-10-20-31)23-13-25-35(39)36-26-14-24-34(40(36)46)28-44-38(30-17-7-2-8-18-30)42(48)32-21-11-4-12-22-32/h1-26,37-38,41-48H,27-28H2/t37-,38-,41+,42+/m0/s1. The van der Waals surface area contributed by atoms with Crippen LogP contribution in [0.25, 0.3) is 11.1 Å². The lowest BCUT2D eigenvalue weighted by Crippen LogP contribution is -2.27. The second-order valence-corrected chi connectivity index (χ2v) is 11.9. The van der Waals surface area contributed by atoms with Crippen molar-refractivity contribution in [2.45, 2.75) is 37.4 Å². The lowest BCUT2D eigenvalue weighted by Gasteiger charge is -2.26. The van der Waals surface area contributed by atoms with Gasteiger partial charge in [-0.05, 0) is 22.3 Å². The van der Waals surface area contributed by atoms with Gasteiger partial charge in [-0.2, -0.15) is 0 Å². The number of hydrogen-bond donors (Lipinski definition) is 6. The third-order valence-electron chi connectivity index (χ3n) is 8.79. The van der Waals surface area contributed by atoms with Crippen molar-refractivity contribution in [2.75, 3.05) is 0 Å². The van der Waals surface area contributed by atoms with Crippen LogP contribution in [0, 0.1) is 0 Å². The highest BCUT2D eigenvalue weighted by molar-refractivity contribution is 5.77. The number of phenolic OH excluding ortho intramolecular Hbond substituents is 2. The molecule has 0 radical (unpaired) electrons. The monoisotopic (exact) mass is 636 g/mol. The van der Waals surface area contributed by atoms with Crippen LogP contribution in [0.5, 0.6) is 11.5 Å². The average Bonchev–Trinajstić information content (AvgIpc) is 3.14. The summed E-state index contributed by atoms with van der Waals surface area (Å²) in [6.07, 6.45) is -1.63. The fraction of sp³-hybridized carbons (Fsp3) is 0.143. The molecule has 6 N–H and O–H groups in total. The van der Waals surface area contributed by atoms with Crippen LogP contribution in [0.3, 0.4) is 0 Å². The lowest BCUT2D eigenvalue weighted by atomic mass is 9.94. The Hall–Kier alpha value is -5.24. The van der Waals surface area contributed by atoms with Crippen LogP contribution < -0.4 is 10.6 Å². The van der Waals surface area contributed by atoms with Crippen molar-refractivity contribution in [1.29, 1.82) is 0 Å². The molecule has 0 aliphatic rings. The predicted molar refractivity (Wildman–Crippen MR) is 190 cm³/mol. The van der Waals surface area contributed by atoms with Gasteiger partial charge < -0.3 is 31.1 Å². The van der Waals surface area contributed by atoms with Crippen molar-refractivity contribution in [3.05, 3.63) is 191 Å². The minimum absolute atomic E-state index is 0.0492. The van der Waals surface area contributed by atoms with Gasteiger partial charge in [-0.25, -0.2) is 0 Å². The summed E-state index contributed by atoms with van der Waals surface area (Å²) in [5.74, 6) is 0.0983. The first-order chi connectivity index (χ1) is 23.5. The van der Waals surface area contributed by atoms with Gasteiger partial charge in [0.25, 0.3) is 0 Å².